The number of carbonyl (C=O) groups is 1. The summed E-state index contributed by atoms with van der Waals surface area (Å²) in [6.45, 7) is 2.06. The van der Waals surface area contributed by atoms with Crippen molar-refractivity contribution in [3.05, 3.63) is 64.9 Å². The summed E-state index contributed by atoms with van der Waals surface area (Å²) >= 11 is 0. The minimum absolute atomic E-state index is 0.0851. The van der Waals surface area contributed by atoms with Crippen molar-refractivity contribution in [3.63, 3.8) is 0 Å². The summed E-state index contributed by atoms with van der Waals surface area (Å²) in [5.74, 6) is 0.854. The molecule has 1 heterocycles. The van der Waals surface area contributed by atoms with Crippen molar-refractivity contribution in [1.82, 2.24) is 10.0 Å². The van der Waals surface area contributed by atoms with Crippen LogP contribution in [-0.4, -0.2) is 28.5 Å². The fraction of sp³-hybridized carbons (Fsp3) is 0.250. The molecule has 0 aliphatic carbocycles. The summed E-state index contributed by atoms with van der Waals surface area (Å²) < 4.78 is 36.4. The molecule has 0 spiro atoms. The fourth-order valence-electron chi connectivity index (χ4n) is 2.92. The highest BCUT2D eigenvalue weighted by molar-refractivity contribution is 7.88. The Balaban J connectivity index is 1.72. The van der Waals surface area contributed by atoms with Crippen molar-refractivity contribution in [2.45, 2.75) is 19.2 Å². The third kappa shape index (κ3) is 4.35. The van der Waals surface area contributed by atoms with Crippen molar-refractivity contribution in [3.8, 4) is 5.75 Å². The van der Waals surface area contributed by atoms with E-state index >= 15 is 0 Å². The summed E-state index contributed by atoms with van der Waals surface area (Å²) in [5.41, 5.74) is 2.64. The molecule has 0 bridgehead atoms. The van der Waals surface area contributed by atoms with Gasteiger partial charge in [0, 0.05) is 11.9 Å². The van der Waals surface area contributed by atoms with E-state index in [0.29, 0.717) is 40.2 Å². The molecule has 0 aliphatic rings. The van der Waals surface area contributed by atoms with Crippen LogP contribution in [0, 0.1) is 6.92 Å². The number of fused-ring (bicyclic) bond motifs is 1. The van der Waals surface area contributed by atoms with E-state index in [-0.39, 0.29) is 11.7 Å². The van der Waals surface area contributed by atoms with E-state index < -0.39 is 10.0 Å². The van der Waals surface area contributed by atoms with Crippen molar-refractivity contribution in [2.75, 3.05) is 14.2 Å². The van der Waals surface area contributed by atoms with E-state index in [1.807, 2.05) is 0 Å². The Bertz CT molecular complexity index is 1100. The van der Waals surface area contributed by atoms with Crippen LogP contribution in [0.1, 0.15) is 27.2 Å². The van der Waals surface area contributed by atoms with E-state index in [2.05, 4.69) is 10.0 Å². The predicted molar refractivity (Wildman–Crippen MR) is 107 cm³/mol. The van der Waals surface area contributed by atoms with Crippen LogP contribution in [-0.2, 0) is 22.3 Å². The molecule has 2 aromatic carbocycles. The van der Waals surface area contributed by atoms with Gasteiger partial charge in [-0.3, -0.25) is 4.79 Å². The Labute approximate surface area is 163 Å². The first-order valence-corrected chi connectivity index (χ1v) is 10.3. The highest BCUT2D eigenvalue weighted by Crippen LogP contribution is 2.29. The van der Waals surface area contributed by atoms with Crippen LogP contribution < -0.4 is 14.8 Å². The number of amides is 1. The molecule has 2 N–H and O–H groups in total. The number of methoxy groups -OCH3 is 1. The maximum Gasteiger partial charge on any atom is 0.255 e. The number of rotatable bonds is 7. The summed E-state index contributed by atoms with van der Waals surface area (Å²) in [6, 6.07) is 12.4. The molecule has 148 valence electrons. The molecule has 0 aliphatic heterocycles. The number of aryl methyl sites for hydroxylation is 1. The number of sulfonamides is 1. The lowest BCUT2D eigenvalue weighted by atomic mass is 10.1. The number of benzene rings is 2. The second-order valence-electron chi connectivity index (χ2n) is 6.36. The van der Waals surface area contributed by atoms with Crippen LogP contribution in [0.25, 0.3) is 11.0 Å². The Morgan fingerprint density at radius 2 is 1.79 bits per heavy atom. The first kappa shape index (κ1) is 19.9. The Morgan fingerprint density at radius 3 is 2.43 bits per heavy atom. The SMILES string of the molecule is CNS(=O)(=O)Cc1ccc(CNC(=O)c2c(C)oc3ccc(OC)cc23)cc1. The van der Waals surface area contributed by atoms with Gasteiger partial charge >= 0.3 is 0 Å². The van der Waals surface area contributed by atoms with Gasteiger partial charge in [0.1, 0.15) is 17.1 Å². The van der Waals surface area contributed by atoms with Crippen molar-refractivity contribution in [2.24, 2.45) is 0 Å². The van der Waals surface area contributed by atoms with Crippen molar-refractivity contribution in [1.29, 1.82) is 0 Å². The number of hydrogen-bond acceptors (Lipinski definition) is 5. The van der Waals surface area contributed by atoms with Gasteiger partial charge in [0.25, 0.3) is 5.91 Å². The minimum atomic E-state index is -3.31. The van der Waals surface area contributed by atoms with Crippen LogP contribution in [0.3, 0.4) is 0 Å². The molecular weight excluding hydrogens is 380 g/mol. The molecule has 0 radical (unpaired) electrons. The average Bonchev–Trinajstić information content (AvgIpc) is 3.01. The topological polar surface area (TPSA) is 97.6 Å². The van der Waals surface area contributed by atoms with Gasteiger partial charge < -0.3 is 14.5 Å². The lowest BCUT2D eigenvalue weighted by Crippen LogP contribution is -2.23. The van der Waals surface area contributed by atoms with Crippen LogP contribution in [0.4, 0.5) is 0 Å². The Morgan fingerprint density at radius 1 is 1.11 bits per heavy atom. The number of furan rings is 1. The molecule has 28 heavy (non-hydrogen) atoms. The summed E-state index contributed by atoms with van der Waals surface area (Å²) in [4.78, 5) is 12.7. The monoisotopic (exact) mass is 402 g/mol. The molecule has 8 heteroatoms. The van der Waals surface area contributed by atoms with Gasteiger partial charge in [-0.05, 0) is 43.3 Å². The molecule has 3 rings (SSSR count). The molecule has 0 fully saturated rings. The molecule has 0 atom stereocenters. The lowest BCUT2D eigenvalue weighted by molar-refractivity contribution is 0.0951. The zero-order valence-electron chi connectivity index (χ0n) is 15.9. The molecule has 7 nitrogen and oxygen atoms in total. The van der Waals surface area contributed by atoms with Gasteiger partial charge in [-0.15, -0.1) is 0 Å². The van der Waals surface area contributed by atoms with Crippen LogP contribution >= 0.6 is 0 Å². The minimum Gasteiger partial charge on any atom is -0.497 e. The summed E-state index contributed by atoms with van der Waals surface area (Å²) in [5, 5.41) is 3.58. The first-order chi connectivity index (χ1) is 13.3. The van der Waals surface area contributed by atoms with Gasteiger partial charge in [-0.25, -0.2) is 13.1 Å². The zero-order chi connectivity index (χ0) is 20.3. The Kier molecular flexibility index (Phi) is 5.71. The first-order valence-electron chi connectivity index (χ1n) is 8.67. The molecule has 1 amide bonds. The van der Waals surface area contributed by atoms with Crippen LogP contribution in [0.15, 0.2) is 46.9 Å². The smallest absolute Gasteiger partial charge is 0.255 e. The number of carbonyl (C=O) groups excluding carboxylic acids is 1. The second kappa shape index (κ2) is 8.04. The quantitative estimate of drug-likeness (QED) is 0.633. The molecule has 0 saturated heterocycles. The van der Waals surface area contributed by atoms with Gasteiger partial charge in [0.05, 0.1) is 18.4 Å². The van der Waals surface area contributed by atoms with Gasteiger partial charge in [0.2, 0.25) is 10.0 Å². The fourth-order valence-corrected chi connectivity index (χ4v) is 3.70. The van der Waals surface area contributed by atoms with E-state index in [1.54, 1.807) is 56.5 Å². The van der Waals surface area contributed by atoms with E-state index in [9.17, 15) is 13.2 Å². The molecule has 0 unspecified atom stereocenters. The normalized spacial score (nSPS) is 11.5. The predicted octanol–water partition coefficient (Wildman–Crippen LogP) is 2.73. The standard InChI is InChI=1S/C20H22N2O5S/c1-13-19(17-10-16(26-3)8-9-18(17)27-13)20(23)22-11-14-4-6-15(7-5-14)12-28(24,25)21-2/h4-10,21H,11-12H2,1-3H3,(H,22,23). The lowest BCUT2D eigenvalue weighted by Gasteiger charge is -2.07. The molecule has 1 aromatic heterocycles. The van der Waals surface area contributed by atoms with Crippen LogP contribution in [0.2, 0.25) is 0 Å². The highest BCUT2D eigenvalue weighted by atomic mass is 32.2. The maximum atomic E-state index is 12.7. The van der Waals surface area contributed by atoms with E-state index in [4.69, 9.17) is 9.15 Å². The highest BCUT2D eigenvalue weighted by Gasteiger charge is 2.18. The third-order valence-corrected chi connectivity index (χ3v) is 5.78. The number of nitrogens with one attached hydrogen (secondary N) is 2. The van der Waals surface area contributed by atoms with Gasteiger partial charge in [0.15, 0.2) is 0 Å². The van der Waals surface area contributed by atoms with Crippen LogP contribution in [0.5, 0.6) is 5.75 Å². The van der Waals surface area contributed by atoms with E-state index in [0.717, 1.165) is 5.56 Å². The Hall–Kier alpha value is -2.84. The van der Waals surface area contributed by atoms with Gasteiger partial charge in [-0.2, -0.15) is 0 Å². The second-order valence-corrected chi connectivity index (χ2v) is 8.28. The van der Waals surface area contributed by atoms with Crippen molar-refractivity contribution < 1.29 is 22.4 Å². The molecule has 0 saturated carbocycles. The maximum absolute atomic E-state index is 12.7. The van der Waals surface area contributed by atoms with E-state index in [1.165, 1.54) is 7.05 Å². The zero-order valence-corrected chi connectivity index (χ0v) is 16.7. The molecular formula is C20H22N2O5S. The average molecular weight is 402 g/mol. The summed E-state index contributed by atoms with van der Waals surface area (Å²) in [7, 11) is -0.358. The molecule has 3 aromatic rings. The van der Waals surface area contributed by atoms with Crippen molar-refractivity contribution >= 4 is 26.9 Å². The third-order valence-electron chi connectivity index (χ3n) is 4.44. The van der Waals surface area contributed by atoms with Gasteiger partial charge in [-0.1, -0.05) is 24.3 Å². The number of hydrogen-bond donors (Lipinski definition) is 2. The summed E-state index contributed by atoms with van der Waals surface area (Å²) in [6.07, 6.45) is 0. The number of ether oxygens (including phenoxy) is 1. The largest absolute Gasteiger partial charge is 0.497 e.